The third kappa shape index (κ3) is 4.07. The normalized spacial score (nSPS) is 17.3. The summed E-state index contributed by atoms with van der Waals surface area (Å²) in [5.74, 6) is 0.708. The molecule has 0 bridgehead atoms. The van der Waals surface area contributed by atoms with Gasteiger partial charge in [0.1, 0.15) is 11.0 Å². The molecule has 1 heterocycles. The second kappa shape index (κ2) is 7.55. The Bertz CT molecular complexity index is 649. The highest BCUT2D eigenvalue weighted by atomic mass is 16.3. The third-order valence-electron chi connectivity index (χ3n) is 4.78. The number of aliphatic hydroxyl groups excluding tert-OH is 1. The number of nitrogens with zero attached hydrogens (tertiary/aromatic N) is 2. The number of benzene rings is 1. The van der Waals surface area contributed by atoms with Gasteiger partial charge in [-0.1, -0.05) is 32.1 Å². The first-order chi connectivity index (χ1) is 11.3. The van der Waals surface area contributed by atoms with E-state index in [1.807, 2.05) is 0 Å². The van der Waals surface area contributed by atoms with E-state index in [1.54, 1.807) is 18.2 Å². The maximum Gasteiger partial charge on any atom is 0.251 e. The van der Waals surface area contributed by atoms with Gasteiger partial charge in [0.05, 0.1) is 0 Å². The van der Waals surface area contributed by atoms with E-state index in [0.29, 0.717) is 23.5 Å². The van der Waals surface area contributed by atoms with E-state index in [9.17, 15) is 9.90 Å². The van der Waals surface area contributed by atoms with Crippen LogP contribution >= 0.6 is 0 Å². The Morgan fingerprint density at radius 3 is 2.83 bits per heavy atom. The smallest absolute Gasteiger partial charge is 0.251 e. The van der Waals surface area contributed by atoms with Crippen LogP contribution in [0.15, 0.2) is 18.2 Å². The molecule has 6 heteroatoms. The van der Waals surface area contributed by atoms with Crippen LogP contribution < -0.4 is 5.32 Å². The second-order valence-electron chi connectivity index (χ2n) is 6.53. The van der Waals surface area contributed by atoms with E-state index in [0.717, 1.165) is 11.9 Å². The van der Waals surface area contributed by atoms with Crippen LogP contribution in [-0.2, 0) is 0 Å². The lowest BCUT2D eigenvalue weighted by Crippen LogP contribution is -2.32. The molecule has 0 unspecified atom stereocenters. The molecular weight excluding hydrogens is 292 g/mol. The van der Waals surface area contributed by atoms with Crippen molar-refractivity contribution in [3.05, 3.63) is 23.8 Å². The van der Waals surface area contributed by atoms with Gasteiger partial charge >= 0.3 is 0 Å². The Hall–Kier alpha value is -1.95. The van der Waals surface area contributed by atoms with E-state index < -0.39 is 0 Å². The lowest BCUT2D eigenvalue weighted by Gasteiger charge is -2.25. The number of aromatic amines is 1. The molecule has 2 aromatic rings. The van der Waals surface area contributed by atoms with Crippen molar-refractivity contribution in [2.24, 2.45) is 11.8 Å². The number of carbonyl (C=O) groups is 1. The maximum atomic E-state index is 12.3. The van der Waals surface area contributed by atoms with Crippen LogP contribution in [0, 0.1) is 11.8 Å². The Kier molecular flexibility index (Phi) is 5.23. The van der Waals surface area contributed by atoms with Crippen LogP contribution in [0.25, 0.3) is 11.0 Å². The zero-order valence-electron chi connectivity index (χ0n) is 13.3. The fourth-order valence-electron chi connectivity index (χ4n) is 3.44. The summed E-state index contributed by atoms with van der Waals surface area (Å²) in [5.41, 5.74) is 1.99. The van der Waals surface area contributed by atoms with Gasteiger partial charge in [-0.3, -0.25) is 4.79 Å². The number of hydrogen-bond acceptors (Lipinski definition) is 4. The highest BCUT2D eigenvalue weighted by molar-refractivity contribution is 5.97. The number of amides is 1. The van der Waals surface area contributed by atoms with Crippen LogP contribution in [-0.4, -0.2) is 39.6 Å². The van der Waals surface area contributed by atoms with E-state index >= 15 is 0 Å². The molecule has 0 aliphatic heterocycles. The molecular formula is C17H24N4O2. The van der Waals surface area contributed by atoms with Gasteiger partial charge in [-0.25, -0.2) is 0 Å². The SMILES string of the molecule is O=C(NC[C@H](CO)CC1CCCCC1)c1ccc2n[nH]nc2c1. The monoisotopic (exact) mass is 316 g/mol. The largest absolute Gasteiger partial charge is 0.396 e. The summed E-state index contributed by atoms with van der Waals surface area (Å²) in [5, 5.41) is 23.0. The van der Waals surface area contributed by atoms with E-state index in [1.165, 1.54) is 32.1 Å². The summed E-state index contributed by atoms with van der Waals surface area (Å²) < 4.78 is 0. The van der Waals surface area contributed by atoms with Gasteiger partial charge in [0, 0.05) is 18.7 Å². The molecule has 3 rings (SSSR count). The van der Waals surface area contributed by atoms with E-state index in [-0.39, 0.29) is 18.4 Å². The lowest BCUT2D eigenvalue weighted by atomic mass is 9.83. The van der Waals surface area contributed by atoms with Gasteiger partial charge in [0.25, 0.3) is 5.91 Å². The molecule has 3 N–H and O–H groups in total. The van der Waals surface area contributed by atoms with Crippen LogP contribution in [0.4, 0.5) is 0 Å². The van der Waals surface area contributed by atoms with Crippen LogP contribution in [0.5, 0.6) is 0 Å². The molecule has 0 spiro atoms. The molecule has 0 saturated heterocycles. The number of rotatable bonds is 6. The molecule has 1 fully saturated rings. The molecule has 1 saturated carbocycles. The van der Waals surface area contributed by atoms with Gasteiger partial charge in [-0.2, -0.15) is 15.4 Å². The van der Waals surface area contributed by atoms with Gasteiger partial charge in [-0.15, -0.1) is 0 Å². The average molecular weight is 316 g/mol. The maximum absolute atomic E-state index is 12.3. The van der Waals surface area contributed by atoms with Crippen molar-refractivity contribution in [1.82, 2.24) is 20.7 Å². The van der Waals surface area contributed by atoms with E-state index in [2.05, 4.69) is 20.7 Å². The number of aromatic nitrogens is 3. The van der Waals surface area contributed by atoms with Crippen LogP contribution in [0.2, 0.25) is 0 Å². The molecule has 1 aliphatic carbocycles. The van der Waals surface area contributed by atoms with E-state index in [4.69, 9.17) is 0 Å². The quantitative estimate of drug-likeness (QED) is 0.762. The first-order valence-corrected chi connectivity index (χ1v) is 8.46. The number of nitrogens with one attached hydrogen (secondary N) is 2. The Balaban J connectivity index is 1.53. The minimum atomic E-state index is -0.128. The molecule has 0 radical (unpaired) electrons. The number of aliphatic hydroxyl groups is 1. The lowest BCUT2D eigenvalue weighted by molar-refractivity contribution is 0.0933. The highest BCUT2D eigenvalue weighted by Gasteiger charge is 2.19. The summed E-state index contributed by atoms with van der Waals surface area (Å²) in [6.45, 7) is 0.641. The molecule has 1 atom stereocenters. The summed E-state index contributed by atoms with van der Waals surface area (Å²) in [4.78, 5) is 12.3. The fourth-order valence-corrected chi connectivity index (χ4v) is 3.44. The molecule has 124 valence electrons. The van der Waals surface area contributed by atoms with Crippen molar-refractivity contribution in [1.29, 1.82) is 0 Å². The standard InChI is InChI=1S/C17H24N4O2/c22-11-13(8-12-4-2-1-3-5-12)10-18-17(23)14-6-7-15-16(9-14)20-21-19-15/h6-7,9,12-13,22H,1-5,8,10-11H2,(H,18,23)(H,19,20,21)/t13-/m1/s1. The minimum absolute atomic E-state index is 0.124. The van der Waals surface area contributed by atoms with Gasteiger partial charge in [0.2, 0.25) is 0 Å². The number of fused-ring (bicyclic) bond motifs is 1. The summed E-state index contributed by atoms with van der Waals surface area (Å²) in [6, 6.07) is 5.25. The molecule has 6 nitrogen and oxygen atoms in total. The van der Waals surface area contributed by atoms with Crippen molar-refractivity contribution in [2.45, 2.75) is 38.5 Å². The third-order valence-corrected chi connectivity index (χ3v) is 4.78. The summed E-state index contributed by atoms with van der Waals surface area (Å²) >= 11 is 0. The number of carbonyl (C=O) groups excluding carboxylic acids is 1. The predicted octanol–water partition coefficient (Wildman–Crippen LogP) is 2.27. The fraction of sp³-hybridized carbons (Fsp3) is 0.588. The van der Waals surface area contributed by atoms with Gasteiger partial charge in [-0.05, 0) is 36.5 Å². The molecule has 1 aromatic heterocycles. The minimum Gasteiger partial charge on any atom is -0.396 e. The van der Waals surface area contributed by atoms with Gasteiger partial charge in [0.15, 0.2) is 0 Å². The van der Waals surface area contributed by atoms with Crippen molar-refractivity contribution >= 4 is 16.9 Å². The Morgan fingerprint density at radius 2 is 2.04 bits per heavy atom. The first-order valence-electron chi connectivity index (χ1n) is 8.46. The van der Waals surface area contributed by atoms with Crippen molar-refractivity contribution in [3.63, 3.8) is 0 Å². The molecule has 1 aliphatic rings. The number of H-pyrrole nitrogens is 1. The van der Waals surface area contributed by atoms with Crippen molar-refractivity contribution in [3.8, 4) is 0 Å². The topological polar surface area (TPSA) is 90.9 Å². The predicted molar refractivity (Wildman–Crippen MR) is 88.0 cm³/mol. The van der Waals surface area contributed by atoms with Crippen LogP contribution in [0.3, 0.4) is 0 Å². The molecule has 1 amide bonds. The van der Waals surface area contributed by atoms with Crippen molar-refractivity contribution in [2.75, 3.05) is 13.2 Å². The second-order valence-corrected chi connectivity index (χ2v) is 6.53. The van der Waals surface area contributed by atoms with Crippen molar-refractivity contribution < 1.29 is 9.90 Å². The average Bonchev–Trinajstić information content (AvgIpc) is 3.06. The molecule has 1 aromatic carbocycles. The summed E-state index contributed by atoms with van der Waals surface area (Å²) in [7, 11) is 0. The summed E-state index contributed by atoms with van der Waals surface area (Å²) in [6.07, 6.45) is 7.45. The Morgan fingerprint density at radius 1 is 1.26 bits per heavy atom. The first kappa shape index (κ1) is 15.9. The zero-order valence-corrected chi connectivity index (χ0v) is 13.3. The van der Waals surface area contributed by atoms with Crippen LogP contribution in [0.1, 0.15) is 48.9 Å². The molecule has 23 heavy (non-hydrogen) atoms. The highest BCUT2D eigenvalue weighted by Crippen LogP contribution is 2.28. The number of hydrogen-bond donors (Lipinski definition) is 3. The zero-order chi connectivity index (χ0) is 16.1. The van der Waals surface area contributed by atoms with Gasteiger partial charge < -0.3 is 10.4 Å². The Labute approximate surface area is 135 Å².